The van der Waals surface area contributed by atoms with Gasteiger partial charge in [-0.15, -0.1) is 11.3 Å². The quantitative estimate of drug-likeness (QED) is 0.915. The number of hydrogen-bond donors (Lipinski definition) is 1. The topological polar surface area (TPSA) is 41.0 Å². The van der Waals surface area contributed by atoms with Crippen LogP contribution in [0.2, 0.25) is 5.02 Å². The number of anilines is 1. The van der Waals surface area contributed by atoms with Gasteiger partial charge in [0.25, 0.3) is 0 Å². The summed E-state index contributed by atoms with van der Waals surface area (Å²) < 4.78 is 0. The van der Waals surface area contributed by atoms with Crippen molar-refractivity contribution >= 4 is 28.8 Å². The summed E-state index contributed by atoms with van der Waals surface area (Å²) >= 11 is 7.69. The summed E-state index contributed by atoms with van der Waals surface area (Å²) in [5.41, 5.74) is 3.94. The van der Waals surface area contributed by atoms with Gasteiger partial charge in [-0.05, 0) is 18.7 Å². The van der Waals surface area contributed by atoms with E-state index in [1.54, 1.807) is 17.5 Å². The van der Waals surface area contributed by atoms with E-state index in [1.165, 1.54) is 0 Å². The Kier molecular flexibility index (Phi) is 4.52. The van der Waals surface area contributed by atoms with Gasteiger partial charge in [0.1, 0.15) is 5.82 Å². The van der Waals surface area contributed by atoms with Crippen LogP contribution in [0.1, 0.15) is 11.3 Å². The van der Waals surface area contributed by atoms with Gasteiger partial charge in [0, 0.05) is 25.2 Å². The van der Waals surface area contributed by atoms with Crippen LogP contribution in [0.15, 0.2) is 23.2 Å². The first-order chi connectivity index (χ1) is 8.70. The summed E-state index contributed by atoms with van der Waals surface area (Å²) in [6.07, 6.45) is 1.70. The molecular weight excluding hydrogens is 268 g/mol. The van der Waals surface area contributed by atoms with Gasteiger partial charge in [0.2, 0.25) is 0 Å². The smallest absolute Gasteiger partial charge is 0.128 e. The minimum atomic E-state index is 0.690. The van der Waals surface area contributed by atoms with Crippen molar-refractivity contribution in [2.24, 2.45) is 0 Å². The molecule has 2 heterocycles. The fraction of sp³-hybridized carbons (Fsp3) is 0.333. The van der Waals surface area contributed by atoms with E-state index in [1.807, 2.05) is 31.1 Å². The van der Waals surface area contributed by atoms with Gasteiger partial charge >= 0.3 is 0 Å². The van der Waals surface area contributed by atoms with Crippen LogP contribution < -0.4 is 10.2 Å². The van der Waals surface area contributed by atoms with Crippen LogP contribution in [-0.2, 0) is 13.1 Å². The Morgan fingerprint density at radius 2 is 2.28 bits per heavy atom. The minimum Gasteiger partial charge on any atom is -0.354 e. The zero-order chi connectivity index (χ0) is 13.0. The summed E-state index contributed by atoms with van der Waals surface area (Å²) in [4.78, 5) is 10.7. The predicted octanol–water partition coefficient (Wildman–Crippen LogP) is 2.55. The maximum absolute atomic E-state index is 6.09. The number of rotatable bonds is 5. The molecule has 0 spiro atoms. The van der Waals surface area contributed by atoms with Crippen LogP contribution in [0.5, 0.6) is 0 Å². The molecule has 0 unspecified atom stereocenters. The maximum atomic E-state index is 6.09. The van der Waals surface area contributed by atoms with Gasteiger partial charge in [-0.1, -0.05) is 11.6 Å². The van der Waals surface area contributed by atoms with Gasteiger partial charge in [-0.2, -0.15) is 0 Å². The van der Waals surface area contributed by atoms with Crippen LogP contribution in [0.3, 0.4) is 0 Å². The monoisotopic (exact) mass is 282 g/mol. The van der Waals surface area contributed by atoms with Crippen LogP contribution in [0.25, 0.3) is 0 Å². The number of halogens is 1. The van der Waals surface area contributed by atoms with E-state index in [4.69, 9.17) is 11.6 Å². The Morgan fingerprint density at radius 1 is 1.44 bits per heavy atom. The molecule has 1 N–H and O–H groups in total. The molecule has 2 aromatic rings. The molecule has 2 aromatic heterocycles. The number of pyridine rings is 1. The first kappa shape index (κ1) is 13.3. The molecular formula is C12H15ClN4S. The van der Waals surface area contributed by atoms with Crippen molar-refractivity contribution in [3.8, 4) is 0 Å². The molecule has 0 aliphatic rings. The Labute approximate surface area is 116 Å². The molecule has 0 aliphatic heterocycles. The second-order valence-electron chi connectivity index (χ2n) is 4.00. The van der Waals surface area contributed by atoms with Gasteiger partial charge in [0.05, 0.1) is 22.8 Å². The highest BCUT2D eigenvalue weighted by Crippen LogP contribution is 2.20. The highest BCUT2D eigenvalue weighted by Gasteiger charge is 2.08. The summed E-state index contributed by atoms with van der Waals surface area (Å²) in [5.74, 6) is 0.901. The minimum absolute atomic E-state index is 0.690. The zero-order valence-corrected chi connectivity index (χ0v) is 11.9. The van der Waals surface area contributed by atoms with Crippen molar-refractivity contribution in [1.82, 2.24) is 15.3 Å². The third kappa shape index (κ3) is 3.19. The molecule has 0 atom stereocenters. The molecule has 0 saturated heterocycles. The van der Waals surface area contributed by atoms with E-state index < -0.39 is 0 Å². The van der Waals surface area contributed by atoms with Crippen LogP contribution >= 0.6 is 22.9 Å². The first-order valence-electron chi connectivity index (χ1n) is 5.58. The van der Waals surface area contributed by atoms with Crippen molar-refractivity contribution in [3.63, 3.8) is 0 Å². The largest absolute Gasteiger partial charge is 0.354 e. The molecule has 0 aromatic carbocycles. The summed E-state index contributed by atoms with van der Waals surface area (Å²) in [6.45, 7) is 1.48. The molecule has 4 nitrogen and oxygen atoms in total. The zero-order valence-electron chi connectivity index (χ0n) is 10.4. The number of aromatic nitrogens is 2. The van der Waals surface area contributed by atoms with E-state index in [9.17, 15) is 0 Å². The van der Waals surface area contributed by atoms with Gasteiger partial charge < -0.3 is 10.2 Å². The first-order valence-corrected chi connectivity index (χ1v) is 6.90. The van der Waals surface area contributed by atoms with E-state index in [-0.39, 0.29) is 0 Å². The summed E-state index contributed by atoms with van der Waals surface area (Å²) in [7, 11) is 3.90. The molecule has 96 valence electrons. The van der Waals surface area contributed by atoms with Crippen molar-refractivity contribution < 1.29 is 0 Å². The lowest BCUT2D eigenvalue weighted by Crippen LogP contribution is -2.18. The normalized spacial score (nSPS) is 10.6. The molecule has 2 rings (SSSR count). The van der Waals surface area contributed by atoms with E-state index in [2.05, 4.69) is 20.2 Å². The molecule has 0 radical (unpaired) electrons. The van der Waals surface area contributed by atoms with E-state index >= 15 is 0 Å². The molecule has 18 heavy (non-hydrogen) atoms. The van der Waals surface area contributed by atoms with Crippen molar-refractivity contribution in [2.75, 3.05) is 19.0 Å². The van der Waals surface area contributed by atoms with Gasteiger partial charge in [-0.3, -0.25) is 0 Å². The third-order valence-electron chi connectivity index (χ3n) is 2.56. The van der Waals surface area contributed by atoms with Crippen molar-refractivity contribution in [3.05, 3.63) is 39.4 Å². The summed E-state index contributed by atoms with van der Waals surface area (Å²) in [6, 6.07) is 2.01. The van der Waals surface area contributed by atoms with Gasteiger partial charge in [-0.25, -0.2) is 9.97 Å². The van der Waals surface area contributed by atoms with Crippen LogP contribution in [0.4, 0.5) is 5.82 Å². The fourth-order valence-electron chi connectivity index (χ4n) is 1.64. The fourth-order valence-corrected chi connectivity index (χ4v) is 2.36. The SMILES string of the molecule is CNCc1cc(N(C)Cc2cscn2)ncc1Cl. The van der Waals surface area contributed by atoms with Crippen LogP contribution in [0, 0.1) is 0 Å². The molecule has 6 heteroatoms. The predicted molar refractivity (Wildman–Crippen MR) is 76.2 cm³/mol. The molecule has 0 amide bonds. The summed E-state index contributed by atoms with van der Waals surface area (Å²) in [5, 5.41) is 5.83. The van der Waals surface area contributed by atoms with Crippen LogP contribution in [-0.4, -0.2) is 24.1 Å². The molecule has 0 fully saturated rings. The Balaban J connectivity index is 2.14. The second kappa shape index (κ2) is 6.13. The number of hydrogen-bond acceptors (Lipinski definition) is 5. The number of thiazole rings is 1. The Morgan fingerprint density at radius 3 is 2.94 bits per heavy atom. The third-order valence-corrected chi connectivity index (χ3v) is 3.54. The highest BCUT2D eigenvalue weighted by molar-refractivity contribution is 7.07. The second-order valence-corrected chi connectivity index (χ2v) is 5.13. The lowest BCUT2D eigenvalue weighted by atomic mass is 10.2. The van der Waals surface area contributed by atoms with E-state index in [0.717, 1.165) is 30.2 Å². The molecule has 0 bridgehead atoms. The highest BCUT2D eigenvalue weighted by atomic mass is 35.5. The standard InChI is InChI=1S/C12H15ClN4S/c1-14-4-9-3-12(15-5-11(9)13)17(2)6-10-7-18-8-16-10/h3,5,7-8,14H,4,6H2,1-2H3. The average molecular weight is 283 g/mol. The number of nitrogens with one attached hydrogen (secondary N) is 1. The van der Waals surface area contributed by atoms with Crippen molar-refractivity contribution in [2.45, 2.75) is 13.1 Å². The lowest BCUT2D eigenvalue weighted by Gasteiger charge is -2.18. The Hall–Kier alpha value is -1.17. The van der Waals surface area contributed by atoms with Crippen molar-refractivity contribution in [1.29, 1.82) is 0 Å². The maximum Gasteiger partial charge on any atom is 0.128 e. The lowest BCUT2D eigenvalue weighted by molar-refractivity contribution is 0.810. The Bertz CT molecular complexity index is 501. The van der Waals surface area contributed by atoms with E-state index in [0.29, 0.717) is 5.02 Å². The molecule has 0 aliphatic carbocycles. The number of nitrogens with zero attached hydrogens (tertiary/aromatic N) is 3. The average Bonchev–Trinajstić information content (AvgIpc) is 2.85. The molecule has 0 saturated carbocycles. The van der Waals surface area contributed by atoms with Gasteiger partial charge in [0.15, 0.2) is 0 Å².